The van der Waals surface area contributed by atoms with Gasteiger partial charge in [-0.15, -0.1) is 24.2 Å². The Bertz CT molecular complexity index is 587. The minimum Gasteiger partial charge on any atom is -0.377 e. The zero-order valence-electron chi connectivity index (χ0n) is 15.9. The summed E-state index contributed by atoms with van der Waals surface area (Å²) in [6.07, 6.45) is 7.58. The van der Waals surface area contributed by atoms with Crippen molar-refractivity contribution < 1.29 is 9.53 Å². The highest BCUT2D eigenvalue weighted by Gasteiger charge is 2.57. The van der Waals surface area contributed by atoms with Crippen molar-refractivity contribution in [2.75, 3.05) is 31.2 Å². The molecular weight excluding hydrogens is 400 g/mol. The first-order valence-electron chi connectivity index (χ1n) is 9.97. The van der Waals surface area contributed by atoms with Crippen molar-refractivity contribution in [3.63, 3.8) is 0 Å². The molecule has 1 aliphatic carbocycles. The number of piperidine rings is 1. The van der Waals surface area contributed by atoms with Gasteiger partial charge in [0.05, 0.1) is 11.9 Å². The number of halogens is 1. The average Bonchev–Trinajstić information content (AvgIpc) is 3.10. The second-order valence-corrected chi connectivity index (χ2v) is 9.80. The molecule has 1 aromatic heterocycles. The lowest BCUT2D eigenvalue weighted by atomic mass is 9.93. The summed E-state index contributed by atoms with van der Waals surface area (Å²) in [5, 5.41) is 7.76. The lowest BCUT2D eigenvalue weighted by molar-refractivity contribution is -0.130. The maximum absolute atomic E-state index is 13.1. The number of nitrogens with one attached hydrogen (secondary N) is 1. The highest BCUT2D eigenvalue weighted by Crippen LogP contribution is 2.56. The van der Waals surface area contributed by atoms with Crippen LogP contribution in [0.2, 0.25) is 0 Å². The zero-order valence-corrected chi connectivity index (χ0v) is 18.3. The molecule has 0 aromatic carbocycles. The number of nitrogens with zero attached hydrogens (tertiary/aromatic N) is 1. The Morgan fingerprint density at radius 3 is 2.93 bits per heavy atom. The molecule has 27 heavy (non-hydrogen) atoms. The second kappa shape index (κ2) is 9.97. The molecule has 1 amide bonds. The van der Waals surface area contributed by atoms with Gasteiger partial charge < -0.3 is 15.0 Å². The predicted molar refractivity (Wildman–Crippen MR) is 116 cm³/mol. The van der Waals surface area contributed by atoms with Gasteiger partial charge in [0.15, 0.2) is 0 Å². The molecule has 2 aliphatic heterocycles. The lowest BCUT2D eigenvalue weighted by Gasteiger charge is -2.30. The molecule has 152 valence electrons. The fourth-order valence-electron chi connectivity index (χ4n) is 4.48. The Balaban J connectivity index is 0.00000210. The third kappa shape index (κ3) is 5.41. The van der Waals surface area contributed by atoms with E-state index in [0.29, 0.717) is 29.2 Å². The monoisotopic (exact) mass is 430 g/mol. The van der Waals surface area contributed by atoms with E-state index in [2.05, 4.69) is 27.0 Å². The molecular formula is C20H31ClN2O2S2. The van der Waals surface area contributed by atoms with Crippen molar-refractivity contribution in [2.24, 2.45) is 5.41 Å². The van der Waals surface area contributed by atoms with Crippen molar-refractivity contribution in [1.29, 1.82) is 0 Å². The van der Waals surface area contributed by atoms with Crippen LogP contribution in [-0.4, -0.2) is 54.2 Å². The van der Waals surface area contributed by atoms with Gasteiger partial charge in [0, 0.05) is 24.9 Å². The third-order valence-corrected chi connectivity index (χ3v) is 7.97. The van der Waals surface area contributed by atoms with E-state index in [1.165, 1.54) is 37.7 Å². The fourth-order valence-corrected chi connectivity index (χ4v) is 6.12. The van der Waals surface area contributed by atoms with Crippen molar-refractivity contribution in [2.45, 2.75) is 57.2 Å². The first kappa shape index (κ1) is 21.4. The largest absolute Gasteiger partial charge is 0.377 e. The van der Waals surface area contributed by atoms with E-state index in [1.54, 1.807) is 23.1 Å². The maximum atomic E-state index is 13.1. The van der Waals surface area contributed by atoms with Crippen molar-refractivity contribution >= 4 is 41.4 Å². The van der Waals surface area contributed by atoms with Crippen LogP contribution in [-0.2, 0) is 16.1 Å². The molecule has 3 aliphatic rings. The minimum atomic E-state index is 0. The van der Waals surface area contributed by atoms with Crippen LogP contribution in [0.4, 0.5) is 0 Å². The molecule has 2 saturated heterocycles. The molecule has 1 aromatic rings. The summed E-state index contributed by atoms with van der Waals surface area (Å²) in [5.74, 6) is 1.87. The number of thioether (sulfide) groups is 1. The number of amides is 1. The third-order valence-electron chi connectivity index (χ3n) is 6.18. The van der Waals surface area contributed by atoms with Gasteiger partial charge in [-0.05, 0) is 79.4 Å². The number of carbonyl (C=O) groups excluding carboxylic acids is 1. The van der Waals surface area contributed by atoms with Crippen LogP contribution in [0.25, 0.3) is 0 Å². The topological polar surface area (TPSA) is 41.6 Å². The highest BCUT2D eigenvalue weighted by molar-refractivity contribution is 7.99. The summed E-state index contributed by atoms with van der Waals surface area (Å²) >= 11 is 3.48. The summed E-state index contributed by atoms with van der Waals surface area (Å²) in [5.41, 5.74) is 1.67. The quantitative estimate of drug-likeness (QED) is 0.711. The van der Waals surface area contributed by atoms with E-state index in [9.17, 15) is 4.79 Å². The number of hydrogen-bond donors (Lipinski definition) is 1. The fraction of sp³-hybridized carbons (Fsp3) is 0.750. The van der Waals surface area contributed by atoms with E-state index in [0.717, 1.165) is 38.4 Å². The summed E-state index contributed by atoms with van der Waals surface area (Å²) in [6, 6.07) is 2.61. The van der Waals surface area contributed by atoms with Gasteiger partial charge in [-0.3, -0.25) is 4.79 Å². The molecule has 1 saturated carbocycles. The molecule has 4 nitrogen and oxygen atoms in total. The molecule has 7 heteroatoms. The van der Waals surface area contributed by atoms with Crippen LogP contribution in [0.1, 0.15) is 44.1 Å². The van der Waals surface area contributed by atoms with E-state index in [4.69, 9.17) is 4.74 Å². The Morgan fingerprint density at radius 2 is 2.22 bits per heavy atom. The minimum absolute atomic E-state index is 0. The summed E-state index contributed by atoms with van der Waals surface area (Å²) < 4.78 is 5.80. The summed E-state index contributed by atoms with van der Waals surface area (Å²) in [6.45, 7) is 3.88. The Labute approximate surface area is 177 Å². The van der Waals surface area contributed by atoms with Gasteiger partial charge in [-0.25, -0.2) is 0 Å². The van der Waals surface area contributed by atoms with Crippen LogP contribution in [0.5, 0.6) is 0 Å². The normalized spacial score (nSPS) is 26.4. The molecule has 2 atom stereocenters. The van der Waals surface area contributed by atoms with Crippen molar-refractivity contribution in [3.8, 4) is 0 Å². The standard InChI is InChI=1S/C20H30N2O2S2.ClH/c23-19(15-26-14-17-3-1-2-9-24-17)22(12-16-4-10-25-13-16)18-11-20(18)5-7-21-8-6-20;/h4,10,13,17-18,21H,1-3,5-9,11-12,14-15H2;1H. The molecule has 3 heterocycles. The second-order valence-electron chi connectivity index (χ2n) is 7.99. The molecule has 4 rings (SSSR count). The van der Waals surface area contributed by atoms with Crippen LogP contribution in [0, 0.1) is 5.41 Å². The van der Waals surface area contributed by atoms with E-state index in [1.807, 2.05) is 0 Å². The van der Waals surface area contributed by atoms with Crippen LogP contribution in [0.3, 0.4) is 0 Å². The van der Waals surface area contributed by atoms with E-state index < -0.39 is 0 Å². The number of hydrogen-bond acceptors (Lipinski definition) is 5. The smallest absolute Gasteiger partial charge is 0.233 e. The molecule has 0 radical (unpaired) electrons. The first-order chi connectivity index (χ1) is 12.8. The number of rotatable bonds is 7. The number of carbonyl (C=O) groups is 1. The Morgan fingerprint density at radius 1 is 1.37 bits per heavy atom. The van der Waals surface area contributed by atoms with Crippen LogP contribution in [0.15, 0.2) is 16.8 Å². The first-order valence-corrected chi connectivity index (χ1v) is 12.1. The Hall–Kier alpha value is -0.270. The van der Waals surface area contributed by atoms with Crippen molar-refractivity contribution in [1.82, 2.24) is 10.2 Å². The van der Waals surface area contributed by atoms with Crippen LogP contribution >= 0.6 is 35.5 Å². The van der Waals surface area contributed by atoms with Gasteiger partial charge in [0.1, 0.15) is 0 Å². The van der Waals surface area contributed by atoms with Gasteiger partial charge >= 0.3 is 0 Å². The van der Waals surface area contributed by atoms with E-state index in [-0.39, 0.29) is 12.4 Å². The van der Waals surface area contributed by atoms with Gasteiger partial charge in [0.25, 0.3) is 0 Å². The SMILES string of the molecule is Cl.O=C(CSCC1CCCCO1)N(Cc1ccsc1)C1CC12CCNCC2. The summed E-state index contributed by atoms with van der Waals surface area (Å²) in [4.78, 5) is 15.3. The summed E-state index contributed by atoms with van der Waals surface area (Å²) in [7, 11) is 0. The molecule has 1 N–H and O–H groups in total. The Kier molecular flexibility index (Phi) is 7.92. The highest BCUT2D eigenvalue weighted by atomic mass is 35.5. The maximum Gasteiger partial charge on any atom is 0.233 e. The average molecular weight is 431 g/mol. The zero-order chi connectivity index (χ0) is 17.8. The number of ether oxygens (including phenoxy) is 1. The van der Waals surface area contributed by atoms with Gasteiger partial charge in [-0.1, -0.05) is 0 Å². The molecule has 3 fully saturated rings. The predicted octanol–water partition coefficient (Wildman–Crippen LogP) is 3.94. The lowest BCUT2D eigenvalue weighted by Crippen LogP contribution is -2.40. The van der Waals surface area contributed by atoms with E-state index >= 15 is 0 Å². The molecule has 2 unspecified atom stereocenters. The van der Waals surface area contributed by atoms with Gasteiger partial charge in [-0.2, -0.15) is 11.3 Å². The number of thiophene rings is 1. The molecule has 0 bridgehead atoms. The van der Waals surface area contributed by atoms with Crippen LogP contribution < -0.4 is 5.32 Å². The van der Waals surface area contributed by atoms with Gasteiger partial charge in [0.2, 0.25) is 5.91 Å². The van der Waals surface area contributed by atoms with Crippen molar-refractivity contribution in [3.05, 3.63) is 22.4 Å². The molecule has 1 spiro atoms.